The fraction of sp³-hybridized carbons (Fsp3) is 1.00. The molecule has 2 rings (SSSR count). The SMILES string of the molecule is CCS(=O)(=O)N1CCC(CN(C)C2CCN(CC(C)C)CC2)CC1. The van der Waals surface area contributed by atoms with Crippen molar-refractivity contribution in [2.75, 3.05) is 52.1 Å². The predicted molar refractivity (Wildman–Crippen MR) is 101 cm³/mol. The lowest BCUT2D eigenvalue weighted by Gasteiger charge is -2.40. The van der Waals surface area contributed by atoms with Crippen molar-refractivity contribution in [3.63, 3.8) is 0 Å². The van der Waals surface area contributed by atoms with Gasteiger partial charge in [0.25, 0.3) is 0 Å². The maximum Gasteiger partial charge on any atom is 0.213 e. The lowest BCUT2D eigenvalue weighted by molar-refractivity contribution is 0.0993. The Bertz CT molecular complexity index is 465. The summed E-state index contributed by atoms with van der Waals surface area (Å²) in [6.07, 6.45) is 4.56. The van der Waals surface area contributed by atoms with Crippen LogP contribution in [-0.4, -0.2) is 80.6 Å². The van der Waals surface area contributed by atoms with Gasteiger partial charge in [-0.2, -0.15) is 0 Å². The first-order valence-electron chi connectivity index (χ1n) is 9.72. The van der Waals surface area contributed by atoms with Crippen LogP contribution in [0.3, 0.4) is 0 Å². The van der Waals surface area contributed by atoms with Crippen molar-refractivity contribution in [3.8, 4) is 0 Å². The Hall–Kier alpha value is -0.170. The van der Waals surface area contributed by atoms with E-state index in [-0.39, 0.29) is 5.75 Å². The van der Waals surface area contributed by atoms with Crippen LogP contribution in [0.5, 0.6) is 0 Å². The van der Waals surface area contributed by atoms with E-state index in [1.54, 1.807) is 11.2 Å². The lowest BCUT2D eigenvalue weighted by atomic mass is 9.95. The van der Waals surface area contributed by atoms with Gasteiger partial charge in [-0.3, -0.25) is 0 Å². The van der Waals surface area contributed by atoms with E-state index in [0.717, 1.165) is 25.3 Å². The Morgan fingerprint density at radius 3 is 2.12 bits per heavy atom. The molecule has 142 valence electrons. The molecule has 0 aromatic carbocycles. The highest BCUT2D eigenvalue weighted by atomic mass is 32.2. The standard InChI is InChI=1S/C18H37N3O2S/c1-5-24(22,23)21-12-6-17(7-13-21)15-19(4)18-8-10-20(11-9-18)14-16(2)3/h16-18H,5-15H2,1-4H3. The summed E-state index contributed by atoms with van der Waals surface area (Å²) in [7, 11) is -0.734. The third-order valence-electron chi connectivity index (χ3n) is 5.68. The van der Waals surface area contributed by atoms with Crippen molar-refractivity contribution in [2.45, 2.75) is 52.5 Å². The topological polar surface area (TPSA) is 43.9 Å². The van der Waals surface area contributed by atoms with E-state index in [1.807, 2.05) is 0 Å². The molecule has 0 N–H and O–H groups in total. The Labute approximate surface area is 149 Å². The Morgan fingerprint density at radius 1 is 1.04 bits per heavy atom. The Morgan fingerprint density at radius 2 is 1.62 bits per heavy atom. The minimum absolute atomic E-state index is 0.229. The minimum atomic E-state index is -3.00. The molecule has 0 radical (unpaired) electrons. The quantitative estimate of drug-likeness (QED) is 0.698. The zero-order valence-electron chi connectivity index (χ0n) is 16.1. The highest BCUT2D eigenvalue weighted by molar-refractivity contribution is 7.89. The average molecular weight is 360 g/mol. The summed E-state index contributed by atoms with van der Waals surface area (Å²) >= 11 is 0. The molecular weight excluding hydrogens is 322 g/mol. The van der Waals surface area contributed by atoms with Crippen LogP contribution < -0.4 is 0 Å². The van der Waals surface area contributed by atoms with E-state index in [0.29, 0.717) is 25.0 Å². The molecule has 5 nitrogen and oxygen atoms in total. The van der Waals surface area contributed by atoms with Crippen LogP contribution in [-0.2, 0) is 10.0 Å². The van der Waals surface area contributed by atoms with Crippen molar-refractivity contribution in [3.05, 3.63) is 0 Å². The van der Waals surface area contributed by atoms with Crippen LogP contribution in [0.25, 0.3) is 0 Å². The van der Waals surface area contributed by atoms with Crippen LogP contribution >= 0.6 is 0 Å². The molecule has 2 aliphatic heterocycles. The molecule has 0 atom stereocenters. The van der Waals surface area contributed by atoms with Crippen LogP contribution in [0.1, 0.15) is 46.5 Å². The molecule has 2 heterocycles. The van der Waals surface area contributed by atoms with Crippen molar-refractivity contribution in [2.24, 2.45) is 11.8 Å². The van der Waals surface area contributed by atoms with Crippen molar-refractivity contribution in [1.29, 1.82) is 0 Å². The van der Waals surface area contributed by atoms with Gasteiger partial charge in [-0.1, -0.05) is 13.8 Å². The predicted octanol–water partition coefficient (Wildman–Crippen LogP) is 2.10. The van der Waals surface area contributed by atoms with Gasteiger partial charge in [0.2, 0.25) is 10.0 Å². The van der Waals surface area contributed by atoms with Crippen molar-refractivity contribution < 1.29 is 8.42 Å². The number of hydrogen-bond donors (Lipinski definition) is 0. The zero-order chi connectivity index (χ0) is 17.7. The van der Waals surface area contributed by atoms with Gasteiger partial charge in [0.1, 0.15) is 0 Å². The van der Waals surface area contributed by atoms with Gasteiger partial charge in [0.15, 0.2) is 0 Å². The lowest BCUT2D eigenvalue weighted by Crippen LogP contribution is -2.47. The molecule has 2 saturated heterocycles. The number of piperidine rings is 2. The molecular formula is C18H37N3O2S. The summed E-state index contributed by atoms with van der Waals surface area (Å²) in [5.41, 5.74) is 0. The number of hydrogen-bond acceptors (Lipinski definition) is 4. The summed E-state index contributed by atoms with van der Waals surface area (Å²) in [6.45, 7) is 12.5. The molecule has 6 heteroatoms. The summed E-state index contributed by atoms with van der Waals surface area (Å²) in [6, 6.07) is 0.700. The number of sulfonamides is 1. The van der Waals surface area contributed by atoms with Gasteiger partial charge in [-0.15, -0.1) is 0 Å². The summed E-state index contributed by atoms with van der Waals surface area (Å²) < 4.78 is 25.6. The summed E-state index contributed by atoms with van der Waals surface area (Å²) in [4.78, 5) is 5.14. The monoisotopic (exact) mass is 359 g/mol. The molecule has 2 aliphatic rings. The first-order chi connectivity index (χ1) is 11.3. The summed E-state index contributed by atoms with van der Waals surface area (Å²) in [5, 5.41) is 0. The van der Waals surface area contributed by atoms with E-state index in [2.05, 4.69) is 30.7 Å². The summed E-state index contributed by atoms with van der Waals surface area (Å²) in [5.74, 6) is 1.63. The second kappa shape index (κ2) is 8.97. The first-order valence-corrected chi connectivity index (χ1v) is 11.3. The maximum absolute atomic E-state index is 11.9. The largest absolute Gasteiger partial charge is 0.303 e. The van der Waals surface area contributed by atoms with E-state index in [1.165, 1.54) is 32.5 Å². The normalized spacial score (nSPS) is 23.4. The Kier molecular flexibility index (Phi) is 7.53. The van der Waals surface area contributed by atoms with Gasteiger partial charge in [-0.05, 0) is 64.6 Å². The Balaban J connectivity index is 1.71. The third-order valence-corrected chi connectivity index (χ3v) is 7.56. The van der Waals surface area contributed by atoms with Gasteiger partial charge in [0, 0.05) is 32.2 Å². The van der Waals surface area contributed by atoms with E-state index >= 15 is 0 Å². The van der Waals surface area contributed by atoms with Crippen LogP contribution in [0.15, 0.2) is 0 Å². The molecule has 0 aromatic heterocycles. The van der Waals surface area contributed by atoms with Crippen molar-refractivity contribution >= 4 is 10.0 Å². The second-order valence-corrected chi connectivity index (χ2v) is 10.4. The fourth-order valence-electron chi connectivity index (χ4n) is 4.17. The highest BCUT2D eigenvalue weighted by Gasteiger charge is 2.29. The van der Waals surface area contributed by atoms with Crippen LogP contribution in [0, 0.1) is 11.8 Å². The second-order valence-electron chi connectivity index (χ2n) is 8.11. The van der Waals surface area contributed by atoms with Crippen molar-refractivity contribution in [1.82, 2.24) is 14.1 Å². The molecule has 0 bridgehead atoms. The maximum atomic E-state index is 11.9. The minimum Gasteiger partial charge on any atom is -0.303 e. The molecule has 0 unspecified atom stereocenters. The average Bonchev–Trinajstić information content (AvgIpc) is 2.55. The van der Waals surface area contributed by atoms with Gasteiger partial charge in [-0.25, -0.2) is 12.7 Å². The first kappa shape index (κ1) is 20.1. The van der Waals surface area contributed by atoms with Crippen LogP contribution in [0.2, 0.25) is 0 Å². The number of nitrogens with zero attached hydrogens (tertiary/aromatic N) is 3. The third kappa shape index (κ3) is 5.68. The molecule has 0 amide bonds. The molecule has 0 spiro atoms. The van der Waals surface area contributed by atoms with E-state index in [9.17, 15) is 8.42 Å². The van der Waals surface area contributed by atoms with Gasteiger partial charge in [0.05, 0.1) is 5.75 Å². The van der Waals surface area contributed by atoms with Gasteiger partial charge >= 0.3 is 0 Å². The number of rotatable bonds is 7. The smallest absolute Gasteiger partial charge is 0.213 e. The van der Waals surface area contributed by atoms with E-state index in [4.69, 9.17) is 0 Å². The molecule has 24 heavy (non-hydrogen) atoms. The highest BCUT2D eigenvalue weighted by Crippen LogP contribution is 2.23. The number of likely N-dealkylation sites (tertiary alicyclic amines) is 1. The molecule has 0 aromatic rings. The van der Waals surface area contributed by atoms with Crippen LogP contribution in [0.4, 0.5) is 0 Å². The molecule has 2 fully saturated rings. The molecule has 0 saturated carbocycles. The zero-order valence-corrected chi connectivity index (χ0v) is 16.9. The van der Waals surface area contributed by atoms with Gasteiger partial charge < -0.3 is 9.80 Å². The van der Waals surface area contributed by atoms with E-state index < -0.39 is 10.0 Å². The molecule has 0 aliphatic carbocycles. The fourth-order valence-corrected chi connectivity index (χ4v) is 5.30.